The average molecular weight is 272 g/mol. The van der Waals surface area contributed by atoms with Crippen molar-refractivity contribution in [1.29, 1.82) is 0 Å². The van der Waals surface area contributed by atoms with E-state index in [0.29, 0.717) is 25.5 Å². The zero-order valence-electron chi connectivity index (χ0n) is 11.3. The van der Waals surface area contributed by atoms with E-state index < -0.39 is 0 Å². The Morgan fingerprint density at radius 1 is 1.35 bits per heavy atom. The zero-order chi connectivity index (χ0) is 13.9. The molecule has 1 fully saturated rings. The second-order valence-electron chi connectivity index (χ2n) is 4.78. The Kier molecular flexibility index (Phi) is 3.47. The Bertz CT molecular complexity index is 596. The first-order valence-corrected chi connectivity index (χ1v) is 6.62. The third kappa shape index (κ3) is 2.42. The largest absolute Gasteiger partial charge is 0.377 e. The van der Waals surface area contributed by atoms with E-state index in [4.69, 9.17) is 4.74 Å². The van der Waals surface area contributed by atoms with Crippen LogP contribution in [-0.4, -0.2) is 51.6 Å². The fraction of sp³-hybridized carbons (Fsp3) is 0.357. The number of rotatable bonds is 2. The maximum absolute atomic E-state index is 12.4. The molecule has 0 saturated carbocycles. The molecule has 1 aliphatic rings. The molecule has 1 aliphatic heterocycles. The highest BCUT2D eigenvalue weighted by Gasteiger charge is 2.26. The highest BCUT2D eigenvalue weighted by atomic mass is 16.5. The SMILES string of the molecule is CC1COCCN1C(=O)c1cnn(-c2ccccc2)n1. The van der Waals surface area contributed by atoms with E-state index in [1.165, 1.54) is 11.0 Å². The van der Waals surface area contributed by atoms with Gasteiger partial charge in [0.05, 0.1) is 31.1 Å². The van der Waals surface area contributed by atoms with E-state index in [2.05, 4.69) is 10.2 Å². The lowest BCUT2D eigenvalue weighted by atomic mass is 10.2. The molecule has 1 amide bonds. The number of carbonyl (C=O) groups excluding carboxylic acids is 1. The third-order valence-electron chi connectivity index (χ3n) is 3.33. The minimum Gasteiger partial charge on any atom is -0.377 e. The van der Waals surface area contributed by atoms with Crippen molar-refractivity contribution < 1.29 is 9.53 Å². The van der Waals surface area contributed by atoms with Gasteiger partial charge in [0.25, 0.3) is 5.91 Å². The first-order valence-electron chi connectivity index (χ1n) is 6.62. The predicted molar refractivity (Wildman–Crippen MR) is 72.7 cm³/mol. The van der Waals surface area contributed by atoms with Gasteiger partial charge in [0, 0.05) is 6.54 Å². The predicted octanol–water partition coefficient (Wildman–Crippen LogP) is 1.13. The van der Waals surface area contributed by atoms with Crippen LogP contribution in [0.5, 0.6) is 0 Å². The third-order valence-corrected chi connectivity index (χ3v) is 3.33. The number of nitrogens with zero attached hydrogens (tertiary/aromatic N) is 4. The van der Waals surface area contributed by atoms with E-state index in [9.17, 15) is 4.79 Å². The molecule has 1 aromatic carbocycles. The molecule has 0 bridgehead atoms. The van der Waals surface area contributed by atoms with E-state index in [0.717, 1.165) is 5.69 Å². The maximum Gasteiger partial charge on any atom is 0.276 e. The van der Waals surface area contributed by atoms with Crippen molar-refractivity contribution in [1.82, 2.24) is 19.9 Å². The fourth-order valence-electron chi connectivity index (χ4n) is 2.22. The number of ether oxygens (including phenoxy) is 1. The van der Waals surface area contributed by atoms with Crippen LogP contribution in [0.3, 0.4) is 0 Å². The van der Waals surface area contributed by atoms with Crippen molar-refractivity contribution in [2.75, 3.05) is 19.8 Å². The Hall–Kier alpha value is -2.21. The monoisotopic (exact) mass is 272 g/mol. The first-order chi connectivity index (χ1) is 9.75. The standard InChI is InChI=1S/C14H16N4O2/c1-11-10-20-8-7-17(11)14(19)13-9-15-18(16-13)12-5-3-2-4-6-12/h2-6,9,11H,7-8,10H2,1H3. The molecule has 2 heterocycles. The normalized spacial score (nSPS) is 19.1. The van der Waals surface area contributed by atoms with Crippen molar-refractivity contribution >= 4 is 5.91 Å². The molecule has 0 aliphatic carbocycles. The number of amides is 1. The molecule has 6 heteroatoms. The van der Waals surface area contributed by atoms with E-state index in [-0.39, 0.29) is 11.9 Å². The number of carbonyl (C=O) groups is 1. The molecule has 2 aromatic rings. The average Bonchev–Trinajstić information content (AvgIpc) is 2.98. The summed E-state index contributed by atoms with van der Waals surface area (Å²) in [6, 6.07) is 9.60. The second-order valence-corrected chi connectivity index (χ2v) is 4.78. The molecule has 0 radical (unpaired) electrons. The Morgan fingerprint density at radius 3 is 2.90 bits per heavy atom. The minimum absolute atomic E-state index is 0.0677. The van der Waals surface area contributed by atoms with Crippen LogP contribution in [0.15, 0.2) is 36.5 Å². The highest BCUT2D eigenvalue weighted by Crippen LogP contribution is 2.11. The number of aromatic nitrogens is 3. The van der Waals surface area contributed by atoms with Crippen molar-refractivity contribution in [3.63, 3.8) is 0 Å². The van der Waals surface area contributed by atoms with Gasteiger partial charge in [0.2, 0.25) is 0 Å². The molecule has 3 rings (SSSR count). The summed E-state index contributed by atoms with van der Waals surface area (Å²) in [6.07, 6.45) is 1.51. The first kappa shape index (κ1) is 12.8. The van der Waals surface area contributed by atoms with Gasteiger partial charge < -0.3 is 9.64 Å². The quantitative estimate of drug-likeness (QED) is 0.822. The van der Waals surface area contributed by atoms with Gasteiger partial charge in [0.15, 0.2) is 5.69 Å². The van der Waals surface area contributed by atoms with Crippen LogP contribution in [0.2, 0.25) is 0 Å². The number of benzene rings is 1. The molecular weight excluding hydrogens is 256 g/mol. The van der Waals surface area contributed by atoms with E-state index in [1.807, 2.05) is 37.3 Å². The summed E-state index contributed by atoms with van der Waals surface area (Å²) in [7, 11) is 0. The van der Waals surface area contributed by atoms with Gasteiger partial charge in [-0.1, -0.05) is 18.2 Å². The zero-order valence-corrected chi connectivity index (χ0v) is 11.3. The van der Waals surface area contributed by atoms with Crippen molar-refractivity contribution in [2.45, 2.75) is 13.0 Å². The van der Waals surface area contributed by atoms with Gasteiger partial charge in [-0.15, -0.1) is 5.10 Å². The molecule has 1 aromatic heterocycles. The number of morpholine rings is 1. The van der Waals surface area contributed by atoms with Gasteiger partial charge in [-0.2, -0.15) is 9.90 Å². The van der Waals surface area contributed by atoms with Crippen LogP contribution in [0.25, 0.3) is 5.69 Å². The molecule has 0 N–H and O–H groups in total. The van der Waals surface area contributed by atoms with Crippen molar-refractivity contribution in [3.05, 3.63) is 42.2 Å². The summed E-state index contributed by atoms with van der Waals surface area (Å²) in [5.41, 5.74) is 1.20. The Morgan fingerprint density at radius 2 is 2.15 bits per heavy atom. The van der Waals surface area contributed by atoms with Gasteiger partial charge in [-0.05, 0) is 19.1 Å². The number of hydrogen-bond donors (Lipinski definition) is 0. The lowest BCUT2D eigenvalue weighted by molar-refractivity contribution is 0.00325. The molecule has 20 heavy (non-hydrogen) atoms. The smallest absolute Gasteiger partial charge is 0.276 e. The van der Waals surface area contributed by atoms with Crippen molar-refractivity contribution in [2.24, 2.45) is 0 Å². The molecule has 1 saturated heterocycles. The minimum atomic E-state index is -0.0945. The summed E-state index contributed by atoms with van der Waals surface area (Å²) in [5, 5.41) is 8.42. The van der Waals surface area contributed by atoms with Gasteiger partial charge in [0.1, 0.15) is 0 Å². The molecule has 0 spiro atoms. The van der Waals surface area contributed by atoms with Gasteiger partial charge >= 0.3 is 0 Å². The van der Waals surface area contributed by atoms with Crippen LogP contribution in [0.1, 0.15) is 17.4 Å². The molecule has 1 unspecified atom stereocenters. The number of para-hydroxylation sites is 1. The summed E-state index contributed by atoms with van der Waals surface area (Å²) in [6.45, 7) is 3.71. The molecule has 104 valence electrons. The van der Waals surface area contributed by atoms with Gasteiger partial charge in [-0.25, -0.2) is 0 Å². The fourth-order valence-corrected chi connectivity index (χ4v) is 2.22. The summed E-state index contributed by atoms with van der Waals surface area (Å²) in [4.78, 5) is 15.7. The maximum atomic E-state index is 12.4. The lowest BCUT2D eigenvalue weighted by Crippen LogP contribution is -2.47. The lowest BCUT2D eigenvalue weighted by Gasteiger charge is -2.32. The van der Waals surface area contributed by atoms with E-state index >= 15 is 0 Å². The summed E-state index contributed by atoms with van der Waals surface area (Å²) in [5.74, 6) is -0.0945. The number of hydrogen-bond acceptors (Lipinski definition) is 4. The van der Waals surface area contributed by atoms with Crippen LogP contribution < -0.4 is 0 Å². The van der Waals surface area contributed by atoms with E-state index in [1.54, 1.807) is 4.90 Å². The Balaban J connectivity index is 1.81. The second kappa shape index (κ2) is 5.42. The summed E-state index contributed by atoms with van der Waals surface area (Å²) < 4.78 is 5.34. The van der Waals surface area contributed by atoms with Crippen LogP contribution in [-0.2, 0) is 4.74 Å². The molecular formula is C14H16N4O2. The highest BCUT2D eigenvalue weighted by molar-refractivity contribution is 5.92. The van der Waals surface area contributed by atoms with Crippen LogP contribution in [0, 0.1) is 0 Å². The topological polar surface area (TPSA) is 60.2 Å². The molecule has 1 atom stereocenters. The van der Waals surface area contributed by atoms with Crippen LogP contribution in [0.4, 0.5) is 0 Å². The van der Waals surface area contributed by atoms with Crippen molar-refractivity contribution in [3.8, 4) is 5.69 Å². The summed E-state index contributed by atoms with van der Waals surface area (Å²) >= 11 is 0. The van der Waals surface area contributed by atoms with Gasteiger partial charge in [-0.3, -0.25) is 4.79 Å². The van der Waals surface area contributed by atoms with Crippen LogP contribution >= 0.6 is 0 Å². The Labute approximate surface area is 117 Å². The molecule has 6 nitrogen and oxygen atoms in total.